The van der Waals surface area contributed by atoms with E-state index in [1.165, 1.54) is 11.3 Å². The third-order valence-electron chi connectivity index (χ3n) is 2.49. The highest BCUT2D eigenvalue weighted by Crippen LogP contribution is 2.42. The van der Waals surface area contributed by atoms with Gasteiger partial charge in [0, 0.05) is 0 Å². The minimum Gasteiger partial charge on any atom is -0.479 e. The largest absolute Gasteiger partial charge is 0.479 e. The Hall–Kier alpha value is -0.390. The molecule has 0 bridgehead atoms. The molecular weight excluding hydrogens is 268 g/mol. The minimum absolute atomic E-state index is 0.308. The highest BCUT2D eigenvalue weighted by Gasteiger charge is 2.43. The monoisotopic (exact) mass is 276 g/mol. The maximum atomic E-state index is 11.0. The Bertz CT molecular complexity index is 387. The second-order valence-electron chi connectivity index (χ2n) is 3.42. The number of halogens is 1. The second-order valence-corrected chi connectivity index (χ2v) is 5.86. The maximum Gasteiger partial charge on any atom is 0.341 e. The Morgan fingerprint density at radius 3 is 3.00 bits per heavy atom. The van der Waals surface area contributed by atoms with Crippen LogP contribution in [0, 0.1) is 0 Å². The number of carbonyl (C=O) groups is 1. The van der Waals surface area contributed by atoms with Crippen molar-refractivity contribution < 1.29 is 15.0 Å². The number of thiophene rings is 1. The smallest absolute Gasteiger partial charge is 0.341 e. The number of carboxylic acid groups (broad SMARTS) is 1. The molecule has 1 heterocycles. The van der Waals surface area contributed by atoms with Gasteiger partial charge in [-0.15, -0.1) is 11.3 Å². The molecule has 1 unspecified atom stereocenters. The predicted octanol–water partition coefficient (Wildman–Crippen LogP) is 2.12. The summed E-state index contributed by atoms with van der Waals surface area (Å²) in [7, 11) is 0. The molecule has 1 aromatic heterocycles. The number of aliphatic hydroxyl groups is 1. The van der Waals surface area contributed by atoms with Crippen LogP contribution in [0.15, 0.2) is 9.85 Å². The van der Waals surface area contributed by atoms with Gasteiger partial charge in [-0.2, -0.15) is 0 Å². The van der Waals surface area contributed by atoms with Crippen LogP contribution in [0.2, 0.25) is 0 Å². The van der Waals surface area contributed by atoms with Crippen molar-refractivity contribution in [1.29, 1.82) is 0 Å². The van der Waals surface area contributed by atoms with Crippen LogP contribution < -0.4 is 0 Å². The van der Waals surface area contributed by atoms with Gasteiger partial charge in [-0.25, -0.2) is 4.79 Å². The van der Waals surface area contributed by atoms with E-state index in [4.69, 9.17) is 5.11 Å². The van der Waals surface area contributed by atoms with Crippen molar-refractivity contribution in [2.45, 2.75) is 24.9 Å². The van der Waals surface area contributed by atoms with E-state index in [9.17, 15) is 9.90 Å². The highest BCUT2D eigenvalue weighted by molar-refractivity contribution is 9.11. The molecule has 5 heteroatoms. The molecule has 0 aliphatic heterocycles. The molecule has 0 saturated carbocycles. The summed E-state index contributed by atoms with van der Waals surface area (Å²) in [5.74, 6) is -1.15. The predicted molar refractivity (Wildman–Crippen MR) is 56.5 cm³/mol. The minimum atomic E-state index is -1.66. The van der Waals surface area contributed by atoms with Crippen molar-refractivity contribution in [3.8, 4) is 0 Å². The van der Waals surface area contributed by atoms with Crippen LogP contribution in [0.3, 0.4) is 0 Å². The van der Waals surface area contributed by atoms with Crippen molar-refractivity contribution in [3.05, 3.63) is 20.3 Å². The molecule has 0 saturated heterocycles. The van der Waals surface area contributed by atoms with E-state index in [0.717, 1.165) is 22.2 Å². The molecule has 0 radical (unpaired) electrons. The lowest BCUT2D eigenvalue weighted by Gasteiger charge is -2.27. The van der Waals surface area contributed by atoms with Crippen molar-refractivity contribution >= 4 is 33.2 Å². The molecule has 1 atom stereocenters. The summed E-state index contributed by atoms with van der Waals surface area (Å²) in [6, 6.07) is 1.90. The van der Waals surface area contributed by atoms with E-state index in [1.54, 1.807) is 0 Å². The lowest BCUT2D eigenvalue weighted by molar-refractivity contribution is -0.160. The summed E-state index contributed by atoms with van der Waals surface area (Å²) < 4.78 is 0.879. The number of hydrogen-bond donors (Lipinski definition) is 2. The molecular formula is C9H9BrO3S. The zero-order valence-electron chi connectivity index (χ0n) is 7.29. The first-order valence-corrected chi connectivity index (χ1v) is 5.89. The van der Waals surface area contributed by atoms with Gasteiger partial charge in [0.25, 0.3) is 0 Å². The van der Waals surface area contributed by atoms with E-state index < -0.39 is 11.6 Å². The van der Waals surface area contributed by atoms with Crippen molar-refractivity contribution in [3.63, 3.8) is 0 Å². The number of fused-ring (bicyclic) bond motifs is 1. The molecule has 1 aliphatic rings. The molecule has 76 valence electrons. The summed E-state index contributed by atoms with van der Waals surface area (Å²) in [6.45, 7) is 0. The third-order valence-corrected chi connectivity index (χ3v) is 4.32. The number of aryl methyl sites for hydroxylation is 1. The molecule has 2 N–H and O–H groups in total. The van der Waals surface area contributed by atoms with Crippen LogP contribution >= 0.6 is 27.3 Å². The first-order chi connectivity index (χ1) is 6.54. The Morgan fingerprint density at radius 1 is 1.64 bits per heavy atom. The summed E-state index contributed by atoms with van der Waals surface area (Å²) in [6.07, 6.45) is 1.88. The van der Waals surface area contributed by atoms with Gasteiger partial charge in [-0.3, -0.25) is 0 Å². The quantitative estimate of drug-likeness (QED) is 0.826. The van der Waals surface area contributed by atoms with Crippen LogP contribution in [-0.2, 0) is 16.8 Å². The van der Waals surface area contributed by atoms with Crippen LogP contribution in [0.1, 0.15) is 23.3 Å². The zero-order valence-corrected chi connectivity index (χ0v) is 9.69. The first-order valence-electron chi connectivity index (χ1n) is 4.28. The number of rotatable bonds is 1. The lowest BCUT2D eigenvalue weighted by atomic mass is 9.85. The Morgan fingerprint density at radius 2 is 2.36 bits per heavy atom. The summed E-state index contributed by atoms with van der Waals surface area (Å²) in [5, 5.41) is 19.0. The summed E-state index contributed by atoms with van der Waals surface area (Å²) in [4.78, 5) is 11.6. The average molecular weight is 277 g/mol. The Kier molecular flexibility index (Phi) is 2.41. The second kappa shape index (κ2) is 3.32. The summed E-state index contributed by atoms with van der Waals surface area (Å²) >= 11 is 4.62. The number of hydrogen-bond acceptors (Lipinski definition) is 3. The molecule has 2 rings (SSSR count). The molecule has 0 amide bonds. The van der Waals surface area contributed by atoms with Crippen LogP contribution in [0.4, 0.5) is 0 Å². The zero-order chi connectivity index (χ0) is 10.3. The van der Waals surface area contributed by atoms with Gasteiger partial charge in [-0.05, 0) is 46.8 Å². The van der Waals surface area contributed by atoms with E-state index in [-0.39, 0.29) is 0 Å². The lowest BCUT2D eigenvalue weighted by Crippen LogP contribution is -2.37. The normalized spacial score (nSPS) is 25.9. The number of carboxylic acids is 1. The molecule has 0 fully saturated rings. The van der Waals surface area contributed by atoms with E-state index >= 15 is 0 Å². The fraction of sp³-hybridized carbons (Fsp3) is 0.444. The van der Waals surface area contributed by atoms with Crippen molar-refractivity contribution in [1.82, 2.24) is 0 Å². The molecule has 1 aliphatic carbocycles. The molecule has 3 nitrogen and oxygen atoms in total. The Labute approximate surface area is 93.5 Å². The first kappa shape index (κ1) is 10.1. The van der Waals surface area contributed by atoms with Gasteiger partial charge in [0.1, 0.15) is 0 Å². The summed E-state index contributed by atoms with van der Waals surface area (Å²) in [5.41, 5.74) is -0.706. The molecule has 0 spiro atoms. The van der Waals surface area contributed by atoms with Gasteiger partial charge in [0.2, 0.25) is 0 Å². The SMILES string of the molecule is O=C(O)C1(O)CCCc2cc(Br)sc21. The average Bonchev–Trinajstić information content (AvgIpc) is 2.47. The van der Waals surface area contributed by atoms with E-state index in [2.05, 4.69) is 15.9 Å². The van der Waals surface area contributed by atoms with E-state index in [0.29, 0.717) is 11.3 Å². The van der Waals surface area contributed by atoms with Crippen LogP contribution in [0.5, 0.6) is 0 Å². The fourth-order valence-electron chi connectivity index (χ4n) is 1.78. The van der Waals surface area contributed by atoms with Gasteiger partial charge < -0.3 is 10.2 Å². The maximum absolute atomic E-state index is 11.0. The molecule has 0 aromatic carbocycles. The topological polar surface area (TPSA) is 57.5 Å². The number of aliphatic carboxylic acids is 1. The van der Waals surface area contributed by atoms with Crippen LogP contribution in [0.25, 0.3) is 0 Å². The van der Waals surface area contributed by atoms with Gasteiger partial charge >= 0.3 is 5.97 Å². The fourth-order valence-corrected chi connectivity index (χ4v) is 3.59. The van der Waals surface area contributed by atoms with Crippen LogP contribution in [-0.4, -0.2) is 16.2 Å². The highest BCUT2D eigenvalue weighted by atomic mass is 79.9. The van der Waals surface area contributed by atoms with Crippen molar-refractivity contribution in [2.75, 3.05) is 0 Å². The van der Waals surface area contributed by atoms with Gasteiger partial charge in [-0.1, -0.05) is 0 Å². The molecule has 1 aromatic rings. The molecule has 14 heavy (non-hydrogen) atoms. The van der Waals surface area contributed by atoms with E-state index in [1.807, 2.05) is 6.07 Å². The van der Waals surface area contributed by atoms with Gasteiger partial charge in [0.05, 0.1) is 8.66 Å². The Balaban J connectivity index is 2.54. The standard InChI is InChI=1S/C9H9BrO3S/c10-6-4-5-2-1-3-9(13,8(11)12)7(5)14-6/h4,13H,1-3H2,(H,11,12). The van der Waals surface area contributed by atoms with Gasteiger partial charge in [0.15, 0.2) is 5.60 Å². The third kappa shape index (κ3) is 1.39. The van der Waals surface area contributed by atoms with Crippen molar-refractivity contribution in [2.24, 2.45) is 0 Å².